The molecule has 0 unspecified atom stereocenters. The first-order valence-electron chi connectivity index (χ1n) is 10.9. The minimum absolute atomic E-state index is 0.0214. The van der Waals surface area contributed by atoms with Gasteiger partial charge in [-0.25, -0.2) is 4.39 Å². The molecule has 0 N–H and O–H groups in total. The van der Waals surface area contributed by atoms with E-state index in [-0.39, 0.29) is 30.1 Å². The van der Waals surface area contributed by atoms with Gasteiger partial charge in [0.1, 0.15) is 12.4 Å². The number of benzene rings is 2. The van der Waals surface area contributed by atoms with E-state index >= 15 is 0 Å². The predicted molar refractivity (Wildman–Crippen MR) is 115 cm³/mol. The van der Waals surface area contributed by atoms with Crippen LogP contribution in [0.1, 0.15) is 41.1 Å². The van der Waals surface area contributed by atoms with E-state index in [1.54, 1.807) is 6.07 Å². The van der Waals surface area contributed by atoms with Crippen LogP contribution in [-0.2, 0) is 0 Å². The van der Waals surface area contributed by atoms with E-state index in [9.17, 15) is 18.0 Å². The zero-order valence-corrected chi connectivity index (χ0v) is 17.5. The molecule has 3 aliphatic heterocycles. The Morgan fingerprint density at radius 1 is 1.16 bits per heavy atom. The molecule has 1 fully saturated rings. The van der Waals surface area contributed by atoms with Crippen molar-refractivity contribution in [3.63, 3.8) is 0 Å². The fraction of sp³-hybridized carbons (Fsp3) is 0.458. The quantitative estimate of drug-likeness (QED) is 0.516. The molecule has 0 radical (unpaired) electrons. The second-order valence-electron chi connectivity index (χ2n) is 8.86. The first-order chi connectivity index (χ1) is 14.8. The number of para-hydroxylation sites is 1. The summed E-state index contributed by atoms with van der Waals surface area (Å²) >= 11 is 0. The van der Waals surface area contributed by atoms with Crippen LogP contribution in [0.5, 0.6) is 0 Å². The van der Waals surface area contributed by atoms with E-state index < -0.39 is 6.05 Å². The van der Waals surface area contributed by atoms with Crippen molar-refractivity contribution in [3.8, 4) is 0 Å². The highest BCUT2D eigenvalue weighted by molar-refractivity contribution is 5.95. The van der Waals surface area contributed by atoms with Crippen LogP contribution in [0.25, 0.3) is 0 Å². The smallest absolute Gasteiger partial charge is 0.342 e. The van der Waals surface area contributed by atoms with Gasteiger partial charge in [0.05, 0.1) is 11.4 Å². The number of rotatable bonds is 5. The third-order valence-electron chi connectivity index (χ3n) is 7.05. The molecule has 0 bridgehead atoms. The van der Waals surface area contributed by atoms with Crippen LogP contribution >= 0.6 is 0 Å². The first kappa shape index (κ1) is 20.4. The van der Waals surface area contributed by atoms with Gasteiger partial charge in [0, 0.05) is 44.1 Å². The van der Waals surface area contributed by atoms with E-state index in [0.717, 1.165) is 48.6 Å². The zero-order chi connectivity index (χ0) is 21.8. The van der Waals surface area contributed by atoms with Crippen LogP contribution < -0.4 is 9.80 Å². The van der Waals surface area contributed by atoms with Crippen LogP contribution in [0, 0.1) is 5.82 Å². The van der Waals surface area contributed by atoms with Crippen LogP contribution in [0.2, 0.25) is 0 Å². The summed E-state index contributed by atoms with van der Waals surface area (Å²) in [4.78, 5) is 17.7. The Balaban J connectivity index is 1.25. The lowest BCUT2D eigenvalue weighted by Crippen LogP contribution is -2.56. The maximum atomic E-state index is 14.6. The monoisotopic (exact) mass is 429 g/mol. The van der Waals surface area contributed by atoms with Gasteiger partial charge in [0.15, 0.2) is 5.78 Å². The number of likely N-dealkylation sites (N-methyl/N-ethyl adjacent to an activating group) is 1. The zero-order valence-electron chi connectivity index (χ0n) is 17.5. The highest BCUT2D eigenvalue weighted by Crippen LogP contribution is 2.53. The van der Waals surface area contributed by atoms with Crippen molar-refractivity contribution >= 4 is 17.2 Å². The van der Waals surface area contributed by atoms with Crippen molar-refractivity contribution in [1.82, 2.24) is 4.90 Å². The minimum atomic E-state index is -2.88. The average Bonchev–Trinajstić information content (AvgIpc) is 3.06. The number of carbonyl (C=O) groups is 1. The van der Waals surface area contributed by atoms with Gasteiger partial charge in [-0.05, 0) is 55.3 Å². The van der Waals surface area contributed by atoms with Crippen LogP contribution in [-0.4, -0.2) is 56.0 Å². The lowest BCUT2D eigenvalue weighted by molar-refractivity contribution is 0.00439. The van der Waals surface area contributed by atoms with E-state index in [4.69, 9.17) is 0 Å². The van der Waals surface area contributed by atoms with E-state index in [1.165, 1.54) is 31.3 Å². The summed E-state index contributed by atoms with van der Waals surface area (Å²) in [5, 5.41) is 0. The Morgan fingerprint density at radius 2 is 1.94 bits per heavy atom. The summed E-state index contributed by atoms with van der Waals surface area (Å²) in [6, 6.07) is 8.65. The Hall–Kier alpha value is -2.54. The summed E-state index contributed by atoms with van der Waals surface area (Å²) in [6.07, 6.45) is 1.98. The molecule has 2 aromatic rings. The standard InChI is InChI=1S/C24H26F3N3O/c1-28-21-5-2-4-18-19-14-29(12-3-6-22(31)16-7-9-17(25)10-8-16)13-11-20(19)30(23(18)21)15-24(28,26)27/h2,4-5,7-10,19-20H,3,6,11-15H2,1H3/t19-,20-/m0/s1. The number of hydrogen-bond donors (Lipinski definition) is 0. The number of Topliss-reactive ketones (excluding diaryl/α,β-unsaturated/α-hetero) is 1. The first-order valence-corrected chi connectivity index (χ1v) is 10.9. The number of fused-ring (bicyclic) bond motifs is 3. The number of ketones is 1. The number of likely N-dealkylation sites (tertiary alicyclic amines) is 1. The number of carbonyl (C=O) groups excluding carboxylic acids is 1. The molecule has 0 spiro atoms. The SMILES string of the molecule is CN1c2cccc3c2N(CC1(F)F)[C@H]1CCN(CCCC(=O)c2ccc(F)cc2)C[C@@H]31. The Bertz CT molecular complexity index is 994. The van der Waals surface area contributed by atoms with Crippen molar-refractivity contribution in [3.05, 3.63) is 59.4 Å². The summed E-state index contributed by atoms with van der Waals surface area (Å²) in [5.41, 5.74) is 3.28. The molecule has 0 aliphatic carbocycles. The Kier molecular flexibility index (Phi) is 4.96. The lowest BCUT2D eigenvalue weighted by Gasteiger charge is -2.44. The Labute approximate surface area is 180 Å². The topological polar surface area (TPSA) is 26.8 Å². The summed E-state index contributed by atoms with van der Waals surface area (Å²) < 4.78 is 42.2. The number of anilines is 2. The molecule has 3 heterocycles. The van der Waals surface area contributed by atoms with Crippen molar-refractivity contribution < 1.29 is 18.0 Å². The van der Waals surface area contributed by atoms with Crippen molar-refractivity contribution in [1.29, 1.82) is 0 Å². The molecule has 4 nitrogen and oxygen atoms in total. The molecular weight excluding hydrogens is 403 g/mol. The van der Waals surface area contributed by atoms with Crippen molar-refractivity contribution in [2.45, 2.75) is 37.3 Å². The summed E-state index contributed by atoms with van der Waals surface area (Å²) in [5.74, 6) is -0.117. The highest BCUT2D eigenvalue weighted by atomic mass is 19.3. The molecule has 0 amide bonds. The molecule has 0 saturated carbocycles. The molecule has 164 valence electrons. The molecule has 3 aliphatic rings. The maximum absolute atomic E-state index is 14.6. The maximum Gasteiger partial charge on any atom is 0.342 e. The van der Waals surface area contributed by atoms with Crippen LogP contribution in [0.15, 0.2) is 42.5 Å². The molecule has 7 heteroatoms. The second-order valence-corrected chi connectivity index (χ2v) is 8.86. The average molecular weight is 429 g/mol. The van der Waals surface area contributed by atoms with Gasteiger partial charge in [0.2, 0.25) is 0 Å². The molecule has 31 heavy (non-hydrogen) atoms. The van der Waals surface area contributed by atoms with E-state index in [2.05, 4.69) is 11.0 Å². The molecule has 2 atom stereocenters. The summed E-state index contributed by atoms with van der Waals surface area (Å²) in [6.45, 7) is 2.19. The Morgan fingerprint density at radius 3 is 2.71 bits per heavy atom. The van der Waals surface area contributed by atoms with Gasteiger partial charge in [-0.2, -0.15) is 8.78 Å². The van der Waals surface area contributed by atoms with Gasteiger partial charge < -0.3 is 14.7 Å². The van der Waals surface area contributed by atoms with E-state index in [1.807, 2.05) is 11.0 Å². The number of halogens is 3. The van der Waals surface area contributed by atoms with Gasteiger partial charge in [-0.3, -0.25) is 4.79 Å². The summed E-state index contributed by atoms with van der Waals surface area (Å²) in [7, 11) is 1.47. The van der Waals surface area contributed by atoms with Gasteiger partial charge in [-0.1, -0.05) is 12.1 Å². The highest BCUT2D eigenvalue weighted by Gasteiger charge is 2.52. The molecule has 1 saturated heterocycles. The number of nitrogens with zero attached hydrogens (tertiary/aromatic N) is 3. The number of piperidine rings is 1. The third kappa shape index (κ3) is 3.49. The molecule has 2 aromatic carbocycles. The van der Waals surface area contributed by atoms with Crippen LogP contribution in [0.4, 0.5) is 24.5 Å². The second kappa shape index (κ2) is 7.55. The fourth-order valence-corrected chi connectivity index (χ4v) is 5.41. The molecule has 0 aromatic heterocycles. The number of hydrogen-bond acceptors (Lipinski definition) is 4. The lowest BCUT2D eigenvalue weighted by atomic mass is 9.89. The largest absolute Gasteiger partial charge is 0.358 e. The molecule has 5 rings (SSSR count). The van der Waals surface area contributed by atoms with E-state index in [0.29, 0.717) is 17.7 Å². The van der Waals surface area contributed by atoms with Gasteiger partial charge in [0.25, 0.3) is 0 Å². The van der Waals surface area contributed by atoms with Crippen LogP contribution in [0.3, 0.4) is 0 Å². The third-order valence-corrected chi connectivity index (χ3v) is 7.05. The normalized spacial score (nSPS) is 24.1. The molecular formula is C24H26F3N3O. The predicted octanol–water partition coefficient (Wildman–Crippen LogP) is 4.51. The number of alkyl halides is 2. The van der Waals surface area contributed by atoms with Crippen molar-refractivity contribution in [2.75, 3.05) is 43.0 Å². The van der Waals surface area contributed by atoms with Gasteiger partial charge in [-0.15, -0.1) is 0 Å². The fourth-order valence-electron chi connectivity index (χ4n) is 5.41. The minimum Gasteiger partial charge on any atom is -0.358 e. The van der Waals surface area contributed by atoms with Crippen molar-refractivity contribution in [2.24, 2.45) is 0 Å². The van der Waals surface area contributed by atoms with Gasteiger partial charge >= 0.3 is 6.05 Å².